The van der Waals surface area contributed by atoms with Gasteiger partial charge in [-0.25, -0.2) is 0 Å². The zero-order valence-corrected chi connectivity index (χ0v) is 17.8. The van der Waals surface area contributed by atoms with E-state index in [1.807, 2.05) is 42.6 Å². The molecule has 2 rings (SSSR count). The summed E-state index contributed by atoms with van der Waals surface area (Å²) in [6.07, 6.45) is 6.19. The minimum Gasteiger partial charge on any atom is -0.350 e. The van der Waals surface area contributed by atoms with Gasteiger partial charge in [-0.05, 0) is 48.4 Å². The van der Waals surface area contributed by atoms with Crippen LogP contribution in [0.3, 0.4) is 0 Å². The van der Waals surface area contributed by atoms with Gasteiger partial charge in [0.2, 0.25) is 0 Å². The molecule has 0 aliphatic carbocycles. The number of carbonyl (C=O) groups is 2. The van der Waals surface area contributed by atoms with E-state index in [0.717, 1.165) is 36.1 Å². The standard InChI is InChI=1S/C23H30N2O2S/c1-4-6-11-18(5-2)16-24-23(27)21(15-19-12-9-14-28-19)25-22(26)20-13-8-7-10-17(20)3/h7-10,12-15,18H,4-6,11,16H2,1-3H3,(H,24,27)(H,25,26)/b21-15-/t18-/m1/s1. The van der Waals surface area contributed by atoms with E-state index in [4.69, 9.17) is 0 Å². The van der Waals surface area contributed by atoms with Crippen molar-refractivity contribution in [3.05, 3.63) is 63.5 Å². The van der Waals surface area contributed by atoms with Gasteiger partial charge in [-0.15, -0.1) is 11.3 Å². The van der Waals surface area contributed by atoms with E-state index in [1.165, 1.54) is 11.3 Å². The zero-order valence-electron chi connectivity index (χ0n) is 17.0. The minimum absolute atomic E-state index is 0.245. The molecule has 1 atom stereocenters. The van der Waals surface area contributed by atoms with Crippen molar-refractivity contribution >= 4 is 29.2 Å². The van der Waals surface area contributed by atoms with Crippen molar-refractivity contribution in [2.45, 2.75) is 46.5 Å². The van der Waals surface area contributed by atoms with Crippen LogP contribution in [0, 0.1) is 12.8 Å². The first-order chi connectivity index (χ1) is 13.5. The smallest absolute Gasteiger partial charge is 0.267 e. The van der Waals surface area contributed by atoms with E-state index >= 15 is 0 Å². The van der Waals surface area contributed by atoms with Gasteiger partial charge in [0.15, 0.2) is 0 Å². The lowest BCUT2D eigenvalue weighted by Gasteiger charge is -2.17. The summed E-state index contributed by atoms with van der Waals surface area (Å²) in [5, 5.41) is 7.77. The van der Waals surface area contributed by atoms with Crippen molar-refractivity contribution in [2.24, 2.45) is 5.92 Å². The Hall–Kier alpha value is -2.40. The molecular weight excluding hydrogens is 368 g/mol. The Morgan fingerprint density at radius 1 is 1.14 bits per heavy atom. The topological polar surface area (TPSA) is 58.2 Å². The van der Waals surface area contributed by atoms with Gasteiger partial charge >= 0.3 is 0 Å². The lowest BCUT2D eigenvalue weighted by molar-refractivity contribution is -0.117. The van der Waals surface area contributed by atoms with Crippen LogP contribution < -0.4 is 10.6 Å². The van der Waals surface area contributed by atoms with Crippen LogP contribution in [0.25, 0.3) is 6.08 Å². The normalized spacial score (nSPS) is 12.5. The molecule has 0 fully saturated rings. The first kappa shape index (κ1) is 21.9. The van der Waals surface area contributed by atoms with Gasteiger partial charge in [0.05, 0.1) is 0 Å². The third-order valence-electron chi connectivity index (χ3n) is 4.81. The molecule has 28 heavy (non-hydrogen) atoms. The summed E-state index contributed by atoms with van der Waals surface area (Å²) in [6, 6.07) is 11.2. The molecule has 2 aromatic rings. The van der Waals surface area contributed by atoms with Gasteiger partial charge in [-0.1, -0.05) is 57.4 Å². The maximum absolute atomic E-state index is 12.8. The highest BCUT2D eigenvalue weighted by Crippen LogP contribution is 2.15. The van der Waals surface area contributed by atoms with Crippen LogP contribution >= 0.6 is 11.3 Å². The fourth-order valence-corrected chi connectivity index (χ4v) is 3.62. The summed E-state index contributed by atoms with van der Waals surface area (Å²) in [7, 11) is 0. The van der Waals surface area contributed by atoms with Crippen LogP contribution in [-0.4, -0.2) is 18.4 Å². The van der Waals surface area contributed by atoms with Crippen molar-refractivity contribution in [2.75, 3.05) is 6.54 Å². The quantitative estimate of drug-likeness (QED) is 0.543. The zero-order chi connectivity index (χ0) is 20.4. The van der Waals surface area contributed by atoms with Crippen molar-refractivity contribution < 1.29 is 9.59 Å². The van der Waals surface area contributed by atoms with Crippen molar-refractivity contribution in [3.63, 3.8) is 0 Å². The Balaban J connectivity index is 2.12. The second-order valence-electron chi connectivity index (χ2n) is 6.97. The lowest BCUT2D eigenvalue weighted by Crippen LogP contribution is -2.37. The molecule has 150 valence electrons. The van der Waals surface area contributed by atoms with E-state index in [-0.39, 0.29) is 17.5 Å². The van der Waals surface area contributed by atoms with Gasteiger partial charge in [0, 0.05) is 17.0 Å². The summed E-state index contributed by atoms with van der Waals surface area (Å²) in [4.78, 5) is 26.5. The molecule has 0 aliphatic rings. The number of aryl methyl sites for hydroxylation is 1. The molecule has 2 amide bonds. The molecule has 0 spiro atoms. The maximum Gasteiger partial charge on any atom is 0.267 e. The molecule has 1 aromatic heterocycles. The lowest BCUT2D eigenvalue weighted by atomic mass is 9.99. The summed E-state index contributed by atoms with van der Waals surface area (Å²) in [5.74, 6) is -0.0571. The molecule has 4 nitrogen and oxygen atoms in total. The van der Waals surface area contributed by atoms with Gasteiger partial charge in [-0.2, -0.15) is 0 Å². The van der Waals surface area contributed by atoms with Gasteiger partial charge in [-0.3, -0.25) is 9.59 Å². The van der Waals surface area contributed by atoms with E-state index in [2.05, 4.69) is 24.5 Å². The number of carbonyl (C=O) groups excluding carboxylic acids is 2. The van der Waals surface area contributed by atoms with E-state index < -0.39 is 0 Å². The second kappa shape index (κ2) is 11.4. The number of amides is 2. The summed E-state index contributed by atoms with van der Waals surface area (Å²) in [5.41, 5.74) is 1.73. The van der Waals surface area contributed by atoms with Crippen LogP contribution in [0.4, 0.5) is 0 Å². The molecule has 0 unspecified atom stereocenters. The van der Waals surface area contributed by atoms with Crippen LogP contribution in [0.5, 0.6) is 0 Å². The van der Waals surface area contributed by atoms with Crippen molar-refractivity contribution in [1.29, 1.82) is 0 Å². The molecule has 1 aromatic carbocycles. The SMILES string of the molecule is CCCC[C@@H](CC)CNC(=O)/C(=C/c1cccs1)NC(=O)c1ccccc1C. The summed E-state index contributed by atoms with van der Waals surface area (Å²) < 4.78 is 0. The van der Waals surface area contributed by atoms with Gasteiger partial charge < -0.3 is 10.6 Å². The Morgan fingerprint density at radius 2 is 1.93 bits per heavy atom. The molecule has 2 N–H and O–H groups in total. The molecule has 1 heterocycles. The third-order valence-corrected chi connectivity index (χ3v) is 5.63. The molecular formula is C23H30N2O2S. The number of rotatable bonds is 10. The monoisotopic (exact) mass is 398 g/mol. The Bertz CT molecular complexity index is 797. The fourth-order valence-electron chi connectivity index (χ4n) is 2.97. The number of benzene rings is 1. The second-order valence-corrected chi connectivity index (χ2v) is 7.95. The minimum atomic E-state index is -0.269. The number of thiophene rings is 1. The van der Waals surface area contributed by atoms with Gasteiger partial charge in [0.1, 0.15) is 5.70 Å². The Labute approximate surface area is 172 Å². The number of nitrogens with one attached hydrogen (secondary N) is 2. The number of unbranched alkanes of at least 4 members (excludes halogenated alkanes) is 1. The van der Waals surface area contributed by atoms with Gasteiger partial charge in [0.25, 0.3) is 11.8 Å². The van der Waals surface area contributed by atoms with Crippen molar-refractivity contribution in [3.8, 4) is 0 Å². The van der Waals surface area contributed by atoms with E-state index in [9.17, 15) is 9.59 Å². The molecule has 5 heteroatoms. The average molecular weight is 399 g/mol. The van der Waals surface area contributed by atoms with Crippen LogP contribution in [0.1, 0.15) is 60.3 Å². The summed E-state index contributed by atoms with van der Waals surface area (Å²) >= 11 is 1.53. The first-order valence-corrected chi connectivity index (χ1v) is 10.8. The summed E-state index contributed by atoms with van der Waals surface area (Å²) in [6.45, 7) is 6.83. The number of hydrogen-bond acceptors (Lipinski definition) is 3. The average Bonchev–Trinajstić information content (AvgIpc) is 3.21. The van der Waals surface area contributed by atoms with E-state index in [0.29, 0.717) is 18.0 Å². The van der Waals surface area contributed by atoms with Crippen molar-refractivity contribution in [1.82, 2.24) is 10.6 Å². The molecule has 0 saturated heterocycles. The van der Waals surface area contributed by atoms with Crippen LogP contribution in [-0.2, 0) is 4.79 Å². The Kier molecular flexibility index (Phi) is 8.95. The largest absolute Gasteiger partial charge is 0.350 e. The van der Waals surface area contributed by atoms with Crippen LogP contribution in [0.15, 0.2) is 47.5 Å². The molecule has 0 saturated carbocycles. The number of hydrogen-bond donors (Lipinski definition) is 2. The molecule has 0 aliphatic heterocycles. The van der Waals surface area contributed by atoms with Crippen LogP contribution in [0.2, 0.25) is 0 Å². The highest BCUT2D eigenvalue weighted by Gasteiger charge is 2.17. The Morgan fingerprint density at radius 3 is 2.57 bits per heavy atom. The predicted molar refractivity (Wildman–Crippen MR) is 117 cm³/mol. The predicted octanol–water partition coefficient (Wildman–Crippen LogP) is 5.16. The highest BCUT2D eigenvalue weighted by molar-refractivity contribution is 7.10. The highest BCUT2D eigenvalue weighted by atomic mass is 32.1. The maximum atomic E-state index is 12.8. The molecule has 0 bridgehead atoms. The molecule has 0 radical (unpaired) electrons. The fraction of sp³-hybridized carbons (Fsp3) is 0.391. The van der Waals surface area contributed by atoms with E-state index in [1.54, 1.807) is 12.1 Å². The third kappa shape index (κ3) is 6.64. The first-order valence-electron chi connectivity index (χ1n) is 9.95.